The lowest BCUT2D eigenvalue weighted by Crippen LogP contribution is -2.10. The zero-order valence-corrected chi connectivity index (χ0v) is 12.1. The third kappa shape index (κ3) is 2.78. The minimum absolute atomic E-state index is 0.0896. The Labute approximate surface area is 118 Å². The molecule has 0 aliphatic heterocycles. The van der Waals surface area contributed by atoms with Crippen LogP contribution in [0.2, 0.25) is 5.02 Å². The molecule has 4 nitrogen and oxygen atoms in total. The quantitative estimate of drug-likeness (QED) is 0.851. The first-order chi connectivity index (χ1) is 8.11. The molecule has 1 atom stereocenters. The number of hydrogen-bond acceptors (Lipinski definition) is 4. The van der Waals surface area contributed by atoms with Crippen molar-refractivity contribution in [3.63, 3.8) is 0 Å². The summed E-state index contributed by atoms with van der Waals surface area (Å²) in [6.07, 6.45) is 0. The van der Waals surface area contributed by atoms with Crippen LogP contribution in [0, 0.1) is 3.57 Å². The van der Waals surface area contributed by atoms with Crippen molar-refractivity contribution in [1.82, 2.24) is 10.1 Å². The molecule has 2 N–H and O–H groups in total. The van der Waals surface area contributed by atoms with Gasteiger partial charge in [0.15, 0.2) is 5.82 Å². The summed E-state index contributed by atoms with van der Waals surface area (Å²) in [5.74, 6) is 1.18. The lowest BCUT2D eigenvalue weighted by atomic mass is 10.2. The lowest BCUT2D eigenvalue weighted by Gasteiger charge is -1.99. The van der Waals surface area contributed by atoms with Gasteiger partial charge in [-0.05, 0) is 40.8 Å². The summed E-state index contributed by atoms with van der Waals surface area (Å²) in [5, 5.41) is 4.58. The number of rotatable bonds is 3. The van der Waals surface area contributed by atoms with Gasteiger partial charge in [0.25, 0.3) is 5.89 Å². The highest BCUT2D eigenvalue weighted by Crippen LogP contribution is 2.26. The molecule has 6 heteroatoms. The van der Waals surface area contributed by atoms with Crippen LogP contribution in [0.3, 0.4) is 0 Å². The van der Waals surface area contributed by atoms with Gasteiger partial charge in [-0.2, -0.15) is 4.98 Å². The normalized spacial score (nSPS) is 12.7. The predicted molar refractivity (Wildman–Crippen MR) is 74.9 cm³/mol. The molecule has 0 radical (unpaired) electrons. The number of nitrogens with zero attached hydrogens (tertiary/aromatic N) is 2. The topological polar surface area (TPSA) is 64.9 Å². The van der Waals surface area contributed by atoms with E-state index < -0.39 is 0 Å². The SMILES string of the molecule is CC(CN)c1noc(-c2ccc(I)c(Cl)c2)n1. The Balaban J connectivity index is 2.33. The molecule has 90 valence electrons. The highest BCUT2D eigenvalue weighted by molar-refractivity contribution is 14.1. The summed E-state index contributed by atoms with van der Waals surface area (Å²) in [6.45, 7) is 2.45. The molecule has 0 fully saturated rings. The molecule has 2 aromatic rings. The van der Waals surface area contributed by atoms with Gasteiger partial charge in [0.2, 0.25) is 0 Å². The average molecular weight is 364 g/mol. The molecule has 1 aromatic heterocycles. The molecular weight excluding hydrogens is 352 g/mol. The lowest BCUT2D eigenvalue weighted by molar-refractivity contribution is 0.418. The molecule has 0 aliphatic carbocycles. The van der Waals surface area contributed by atoms with Crippen LogP contribution in [0.5, 0.6) is 0 Å². The van der Waals surface area contributed by atoms with Gasteiger partial charge >= 0.3 is 0 Å². The smallest absolute Gasteiger partial charge is 0.257 e. The first kappa shape index (κ1) is 12.8. The molecule has 0 saturated carbocycles. The standard InChI is InChI=1S/C11H11ClIN3O/c1-6(5-14)10-15-11(17-16-10)7-2-3-9(13)8(12)4-7/h2-4,6H,5,14H2,1H3. The predicted octanol–water partition coefficient (Wildman–Crippen LogP) is 3.06. The Morgan fingerprint density at radius 3 is 2.94 bits per heavy atom. The highest BCUT2D eigenvalue weighted by atomic mass is 127. The number of benzene rings is 1. The first-order valence-corrected chi connectivity index (χ1v) is 6.56. The Kier molecular flexibility index (Phi) is 4.01. The number of halogens is 2. The molecule has 0 saturated heterocycles. The molecule has 0 amide bonds. The fraction of sp³-hybridized carbons (Fsp3) is 0.273. The molecule has 1 heterocycles. The molecule has 17 heavy (non-hydrogen) atoms. The maximum atomic E-state index is 6.04. The molecule has 2 rings (SSSR count). The minimum atomic E-state index is 0.0896. The summed E-state index contributed by atoms with van der Waals surface area (Å²) < 4.78 is 6.18. The Morgan fingerprint density at radius 1 is 1.53 bits per heavy atom. The van der Waals surface area contributed by atoms with E-state index in [0.29, 0.717) is 23.3 Å². The van der Waals surface area contributed by atoms with Gasteiger partial charge in [0.05, 0.1) is 5.02 Å². The maximum absolute atomic E-state index is 6.04. The fourth-order valence-corrected chi connectivity index (χ4v) is 1.80. The molecule has 0 aliphatic rings. The summed E-state index contributed by atoms with van der Waals surface area (Å²) in [7, 11) is 0. The van der Waals surface area contributed by atoms with E-state index >= 15 is 0 Å². The zero-order valence-electron chi connectivity index (χ0n) is 9.15. The second-order valence-electron chi connectivity index (χ2n) is 3.72. The number of hydrogen-bond donors (Lipinski definition) is 1. The molecule has 1 unspecified atom stereocenters. The van der Waals surface area contributed by atoms with E-state index in [4.69, 9.17) is 21.9 Å². The van der Waals surface area contributed by atoms with Crippen LogP contribution in [-0.2, 0) is 0 Å². The Hall–Kier alpha value is -0.660. The average Bonchev–Trinajstić information content (AvgIpc) is 2.81. The monoisotopic (exact) mass is 363 g/mol. The third-order valence-electron chi connectivity index (χ3n) is 2.40. The van der Waals surface area contributed by atoms with Crippen LogP contribution in [-0.4, -0.2) is 16.7 Å². The van der Waals surface area contributed by atoms with Gasteiger partial charge in [-0.3, -0.25) is 0 Å². The summed E-state index contributed by atoms with van der Waals surface area (Å²) in [4.78, 5) is 4.30. The maximum Gasteiger partial charge on any atom is 0.257 e. The molecule has 0 bridgehead atoms. The summed E-state index contributed by atoms with van der Waals surface area (Å²) in [5.41, 5.74) is 6.37. The third-order valence-corrected chi connectivity index (χ3v) is 3.97. The summed E-state index contributed by atoms with van der Waals surface area (Å²) >= 11 is 8.21. The highest BCUT2D eigenvalue weighted by Gasteiger charge is 2.14. The van der Waals surface area contributed by atoms with Crippen LogP contribution in [0.15, 0.2) is 22.7 Å². The van der Waals surface area contributed by atoms with Crippen molar-refractivity contribution < 1.29 is 4.52 Å². The fourth-order valence-electron chi connectivity index (χ4n) is 1.29. The minimum Gasteiger partial charge on any atom is -0.334 e. The van der Waals surface area contributed by atoms with Crippen LogP contribution in [0.25, 0.3) is 11.5 Å². The molecular formula is C11H11ClIN3O. The van der Waals surface area contributed by atoms with Gasteiger partial charge in [-0.1, -0.05) is 23.7 Å². The van der Waals surface area contributed by atoms with Crippen LogP contribution >= 0.6 is 34.2 Å². The van der Waals surface area contributed by atoms with Crippen molar-refractivity contribution >= 4 is 34.2 Å². The van der Waals surface area contributed by atoms with Gasteiger partial charge < -0.3 is 10.3 Å². The summed E-state index contributed by atoms with van der Waals surface area (Å²) in [6, 6.07) is 5.63. The Morgan fingerprint density at radius 2 is 2.29 bits per heavy atom. The van der Waals surface area contributed by atoms with Crippen LogP contribution in [0.4, 0.5) is 0 Å². The van der Waals surface area contributed by atoms with Crippen molar-refractivity contribution in [1.29, 1.82) is 0 Å². The zero-order chi connectivity index (χ0) is 12.4. The van der Waals surface area contributed by atoms with E-state index in [1.54, 1.807) is 0 Å². The van der Waals surface area contributed by atoms with Gasteiger partial charge in [-0.25, -0.2) is 0 Å². The van der Waals surface area contributed by atoms with Gasteiger partial charge in [0, 0.05) is 21.6 Å². The van der Waals surface area contributed by atoms with E-state index in [1.165, 1.54) is 0 Å². The van der Waals surface area contributed by atoms with E-state index in [1.807, 2.05) is 25.1 Å². The molecule has 0 spiro atoms. The number of nitrogens with two attached hydrogens (primary N) is 1. The van der Waals surface area contributed by atoms with Crippen molar-refractivity contribution in [2.45, 2.75) is 12.8 Å². The first-order valence-electron chi connectivity index (χ1n) is 5.11. The molecule has 1 aromatic carbocycles. The van der Waals surface area contributed by atoms with E-state index in [9.17, 15) is 0 Å². The van der Waals surface area contributed by atoms with Crippen molar-refractivity contribution in [2.75, 3.05) is 6.54 Å². The van der Waals surface area contributed by atoms with E-state index in [2.05, 4.69) is 32.7 Å². The van der Waals surface area contributed by atoms with Crippen LogP contribution < -0.4 is 5.73 Å². The van der Waals surface area contributed by atoms with Crippen molar-refractivity contribution in [3.8, 4) is 11.5 Å². The number of aromatic nitrogens is 2. The van der Waals surface area contributed by atoms with Gasteiger partial charge in [0.1, 0.15) is 0 Å². The van der Waals surface area contributed by atoms with Crippen molar-refractivity contribution in [2.24, 2.45) is 5.73 Å². The van der Waals surface area contributed by atoms with E-state index in [0.717, 1.165) is 9.13 Å². The van der Waals surface area contributed by atoms with E-state index in [-0.39, 0.29) is 5.92 Å². The largest absolute Gasteiger partial charge is 0.334 e. The second-order valence-corrected chi connectivity index (χ2v) is 5.29. The van der Waals surface area contributed by atoms with Crippen molar-refractivity contribution in [3.05, 3.63) is 32.6 Å². The Bertz CT molecular complexity index is 529. The van der Waals surface area contributed by atoms with Crippen LogP contribution in [0.1, 0.15) is 18.7 Å². The second kappa shape index (κ2) is 5.32. The van der Waals surface area contributed by atoms with Gasteiger partial charge in [-0.15, -0.1) is 0 Å².